The molecule has 0 fully saturated rings. The molecule has 0 heterocycles. The average Bonchev–Trinajstić information content (AvgIpc) is 2.10. The van der Waals surface area contributed by atoms with E-state index in [9.17, 15) is 0 Å². The predicted molar refractivity (Wildman–Crippen MR) is 59.7 cm³/mol. The molecule has 0 aliphatic heterocycles. The lowest BCUT2D eigenvalue weighted by molar-refractivity contribution is -0.00674. The molecule has 0 bridgehead atoms. The summed E-state index contributed by atoms with van der Waals surface area (Å²) in [4.78, 5) is 2.41. The predicted octanol–water partition coefficient (Wildman–Crippen LogP) is 1.77. The van der Waals surface area contributed by atoms with Gasteiger partial charge in [-0.3, -0.25) is 4.90 Å². The Hall–Kier alpha value is -0.120. The molecule has 0 aromatic carbocycles. The summed E-state index contributed by atoms with van der Waals surface area (Å²) >= 11 is 0. The number of hydrogen-bond donors (Lipinski definition) is 0. The molecule has 0 rings (SSSR count). The van der Waals surface area contributed by atoms with Gasteiger partial charge in [-0.2, -0.15) is 0 Å². The highest BCUT2D eigenvalue weighted by atomic mass is 16.5. The SMILES string of the molecule is COCC(CN(C(C)C)C(C)C)OC. The number of hydrogen-bond acceptors (Lipinski definition) is 3. The molecule has 0 aliphatic carbocycles. The molecule has 1 atom stereocenters. The van der Waals surface area contributed by atoms with Crippen LogP contribution in [-0.2, 0) is 9.47 Å². The second-order valence-electron chi connectivity index (χ2n) is 4.20. The largest absolute Gasteiger partial charge is 0.382 e. The Morgan fingerprint density at radius 3 is 1.79 bits per heavy atom. The molecule has 0 aliphatic rings. The number of nitrogens with zero attached hydrogens (tertiary/aromatic N) is 1. The summed E-state index contributed by atoms with van der Waals surface area (Å²) < 4.78 is 10.5. The van der Waals surface area contributed by atoms with E-state index >= 15 is 0 Å². The summed E-state index contributed by atoms with van der Waals surface area (Å²) in [6, 6.07) is 1.09. The molecule has 0 aromatic heterocycles. The van der Waals surface area contributed by atoms with E-state index in [1.807, 2.05) is 0 Å². The van der Waals surface area contributed by atoms with Crippen LogP contribution in [0.5, 0.6) is 0 Å². The molecule has 0 aromatic rings. The molecule has 0 spiro atoms. The van der Waals surface area contributed by atoms with Gasteiger partial charge in [0.25, 0.3) is 0 Å². The van der Waals surface area contributed by atoms with Crippen molar-refractivity contribution in [1.82, 2.24) is 4.90 Å². The Morgan fingerprint density at radius 2 is 1.50 bits per heavy atom. The summed E-state index contributed by atoms with van der Waals surface area (Å²) in [6.07, 6.45) is 0.171. The topological polar surface area (TPSA) is 21.7 Å². The molecule has 0 N–H and O–H groups in total. The molecule has 3 heteroatoms. The van der Waals surface area contributed by atoms with Gasteiger partial charge in [-0.05, 0) is 27.7 Å². The minimum atomic E-state index is 0.171. The maximum Gasteiger partial charge on any atom is 0.0931 e. The standard InChI is InChI=1S/C11H25NO2/c1-9(2)12(10(3)4)7-11(14-6)8-13-5/h9-11H,7-8H2,1-6H3. The third-order valence-corrected chi connectivity index (χ3v) is 2.43. The molecular weight excluding hydrogens is 178 g/mol. The van der Waals surface area contributed by atoms with Gasteiger partial charge >= 0.3 is 0 Å². The summed E-state index contributed by atoms with van der Waals surface area (Å²) in [5.74, 6) is 0. The normalized spacial score (nSPS) is 14.4. The van der Waals surface area contributed by atoms with E-state index < -0.39 is 0 Å². The van der Waals surface area contributed by atoms with Crippen LogP contribution >= 0.6 is 0 Å². The minimum Gasteiger partial charge on any atom is -0.382 e. The van der Waals surface area contributed by atoms with Gasteiger partial charge in [-0.1, -0.05) is 0 Å². The van der Waals surface area contributed by atoms with Crippen LogP contribution in [0.2, 0.25) is 0 Å². The zero-order valence-electron chi connectivity index (χ0n) is 10.4. The highest BCUT2D eigenvalue weighted by Crippen LogP contribution is 2.07. The lowest BCUT2D eigenvalue weighted by atomic mass is 10.2. The first-order chi connectivity index (χ1) is 6.52. The van der Waals surface area contributed by atoms with Crippen LogP contribution in [0.15, 0.2) is 0 Å². The van der Waals surface area contributed by atoms with E-state index in [0.717, 1.165) is 6.54 Å². The molecule has 3 nitrogen and oxygen atoms in total. The Kier molecular flexibility index (Phi) is 7.15. The van der Waals surface area contributed by atoms with Crippen LogP contribution in [0, 0.1) is 0 Å². The summed E-state index contributed by atoms with van der Waals surface area (Å²) in [5, 5.41) is 0. The van der Waals surface area contributed by atoms with Crippen molar-refractivity contribution in [1.29, 1.82) is 0 Å². The van der Waals surface area contributed by atoms with Crippen molar-refractivity contribution in [2.45, 2.75) is 45.9 Å². The first-order valence-electron chi connectivity index (χ1n) is 5.30. The Balaban J connectivity index is 4.11. The summed E-state index contributed by atoms with van der Waals surface area (Å²) in [6.45, 7) is 10.4. The molecule has 0 amide bonds. The van der Waals surface area contributed by atoms with Crippen molar-refractivity contribution in [2.24, 2.45) is 0 Å². The Bertz CT molecular complexity index is 129. The highest BCUT2D eigenvalue weighted by molar-refractivity contribution is 4.72. The second-order valence-corrected chi connectivity index (χ2v) is 4.20. The average molecular weight is 203 g/mol. The fraction of sp³-hybridized carbons (Fsp3) is 1.00. The van der Waals surface area contributed by atoms with Crippen LogP contribution in [0.25, 0.3) is 0 Å². The van der Waals surface area contributed by atoms with Crippen molar-refractivity contribution in [3.63, 3.8) is 0 Å². The van der Waals surface area contributed by atoms with Gasteiger partial charge in [-0.25, -0.2) is 0 Å². The van der Waals surface area contributed by atoms with E-state index in [1.54, 1.807) is 14.2 Å². The van der Waals surface area contributed by atoms with Gasteiger partial charge in [0, 0.05) is 32.8 Å². The highest BCUT2D eigenvalue weighted by Gasteiger charge is 2.18. The monoisotopic (exact) mass is 203 g/mol. The first-order valence-corrected chi connectivity index (χ1v) is 5.30. The third kappa shape index (κ3) is 4.94. The minimum absolute atomic E-state index is 0.171. The van der Waals surface area contributed by atoms with Gasteiger partial charge in [0.05, 0.1) is 12.7 Å². The van der Waals surface area contributed by atoms with Crippen LogP contribution < -0.4 is 0 Å². The third-order valence-electron chi connectivity index (χ3n) is 2.43. The van der Waals surface area contributed by atoms with Gasteiger partial charge in [0.15, 0.2) is 0 Å². The number of rotatable bonds is 7. The molecule has 0 saturated carbocycles. The van der Waals surface area contributed by atoms with Crippen molar-refractivity contribution < 1.29 is 9.47 Å². The zero-order valence-corrected chi connectivity index (χ0v) is 10.4. The lowest BCUT2D eigenvalue weighted by Crippen LogP contribution is -2.43. The van der Waals surface area contributed by atoms with Crippen molar-refractivity contribution in [2.75, 3.05) is 27.4 Å². The van der Waals surface area contributed by atoms with Crippen LogP contribution in [-0.4, -0.2) is 50.5 Å². The molecule has 1 unspecified atom stereocenters. The van der Waals surface area contributed by atoms with Gasteiger partial charge in [0.1, 0.15) is 0 Å². The summed E-state index contributed by atoms with van der Waals surface area (Å²) in [7, 11) is 3.45. The quantitative estimate of drug-likeness (QED) is 0.629. The van der Waals surface area contributed by atoms with Crippen LogP contribution in [0.1, 0.15) is 27.7 Å². The molecule has 14 heavy (non-hydrogen) atoms. The van der Waals surface area contributed by atoms with Gasteiger partial charge in [-0.15, -0.1) is 0 Å². The Labute approximate surface area is 88.4 Å². The molecule has 0 saturated heterocycles. The van der Waals surface area contributed by atoms with Gasteiger partial charge < -0.3 is 9.47 Å². The van der Waals surface area contributed by atoms with Crippen molar-refractivity contribution in [3.8, 4) is 0 Å². The fourth-order valence-corrected chi connectivity index (χ4v) is 1.63. The smallest absolute Gasteiger partial charge is 0.0931 e. The van der Waals surface area contributed by atoms with E-state index in [4.69, 9.17) is 9.47 Å². The van der Waals surface area contributed by atoms with E-state index in [-0.39, 0.29) is 6.10 Å². The maximum absolute atomic E-state index is 5.35. The van der Waals surface area contributed by atoms with Crippen molar-refractivity contribution >= 4 is 0 Å². The Morgan fingerprint density at radius 1 is 1.00 bits per heavy atom. The van der Waals surface area contributed by atoms with Crippen LogP contribution in [0.3, 0.4) is 0 Å². The zero-order chi connectivity index (χ0) is 11.1. The van der Waals surface area contributed by atoms with Gasteiger partial charge in [0.2, 0.25) is 0 Å². The molecule has 86 valence electrons. The fourth-order valence-electron chi connectivity index (χ4n) is 1.63. The van der Waals surface area contributed by atoms with Crippen LogP contribution in [0.4, 0.5) is 0 Å². The summed E-state index contributed by atoms with van der Waals surface area (Å²) in [5.41, 5.74) is 0. The second kappa shape index (κ2) is 7.21. The molecule has 0 radical (unpaired) electrons. The first kappa shape index (κ1) is 13.9. The molecular formula is C11H25NO2. The maximum atomic E-state index is 5.35. The van der Waals surface area contributed by atoms with Crippen molar-refractivity contribution in [3.05, 3.63) is 0 Å². The van der Waals surface area contributed by atoms with E-state index in [0.29, 0.717) is 18.7 Å². The lowest BCUT2D eigenvalue weighted by Gasteiger charge is -2.33. The number of methoxy groups -OCH3 is 2. The van der Waals surface area contributed by atoms with E-state index in [2.05, 4.69) is 32.6 Å². The number of ether oxygens (including phenoxy) is 2. The van der Waals surface area contributed by atoms with E-state index in [1.165, 1.54) is 0 Å².